The normalized spacial score (nSPS) is 22.8. The zero-order chi connectivity index (χ0) is 18.4. The number of ketones is 1. The molecule has 1 aromatic rings. The van der Waals surface area contributed by atoms with E-state index in [-0.39, 0.29) is 15.6 Å². The molecule has 0 radical (unpaired) electrons. The molecule has 1 aliphatic carbocycles. The van der Waals surface area contributed by atoms with Crippen molar-refractivity contribution in [3.63, 3.8) is 0 Å². The van der Waals surface area contributed by atoms with Crippen LogP contribution in [0.15, 0.2) is 30.3 Å². The van der Waals surface area contributed by atoms with Crippen LogP contribution in [0.3, 0.4) is 0 Å². The van der Waals surface area contributed by atoms with Crippen LogP contribution in [0.25, 0.3) is 0 Å². The lowest BCUT2D eigenvalue weighted by Gasteiger charge is -2.43. The van der Waals surface area contributed by atoms with Crippen LogP contribution in [0.5, 0.6) is 0 Å². The Morgan fingerprint density at radius 3 is 2.35 bits per heavy atom. The second-order valence-corrected chi connectivity index (χ2v) is 11.0. The van der Waals surface area contributed by atoms with Gasteiger partial charge in [-0.05, 0) is 32.1 Å². The molecule has 1 saturated heterocycles. The predicted molar refractivity (Wildman–Crippen MR) is 115 cm³/mol. The largest absolute Gasteiger partial charge is 0.288 e. The van der Waals surface area contributed by atoms with Gasteiger partial charge in [0.05, 0.1) is 0 Å². The fraction of sp³-hybridized carbons (Fsp3) is 0.708. The minimum Gasteiger partial charge on any atom is -0.288 e. The number of hydrogen-bond acceptors (Lipinski definition) is 1. The summed E-state index contributed by atoms with van der Waals surface area (Å²) in [5.74, 6) is 4.22. The first-order valence-corrected chi connectivity index (χ1v) is 12.5. The van der Waals surface area contributed by atoms with Crippen LogP contribution in [0, 0.1) is 11.8 Å². The number of carbonyl (C=O) groups excluding carboxylic acids is 1. The van der Waals surface area contributed by atoms with Gasteiger partial charge in [0, 0.05) is 28.3 Å². The Bertz CT molecular complexity index is 557. The summed E-state index contributed by atoms with van der Waals surface area (Å²) in [6, 6.07) is 10.3. The first kappa shape index (κ1) is 20.0. The number of hydrogen-bond donors (Lipinski definition) is 0. The van der Waals surface area contributed by atoms with E-state index in [1.165, 1.54) is 75.7 Å². The van der Waals surface area contributed by atoms with Crippen LogP contribution < -0.4 is 0 Å². The third-order valence-electron chi connectivity index (χ3n) is 6.83. The lowest BCUT2D eigenvalue weighted by molar-refractivity contribution is 0.0818. The van der Waals surface area contributed by atoms with Crippen LogP contribution >= 0.6 is 0 Å². The minimum absolute atomic E-state index is 0.0898. The molecule has 1 nitrogen and oxygen atoms in total. The Morgan fingerprint density at radius 1 is 1.08 bits per heavy atom. The SMILES string of the molecule is CCCCC(C)C(C(=O)c1ccccc1)(C1CCCCC1)[S+]1CCCC1. The molecule has 2 atom stereocenters. The van der Waals surface area contributed by atoms with Gasteiger partial charge in [-0.25, -0.2) is 0 Å². The first-order valence-electron chi connectivity index (χ1n) is 11.0. The maximum Gasteiger partial charge on any atom is 0.218 e. The lowest BCUT2D eigenvalue weighted by Crippen LogP contribution is -2.58. The predicted octanol–water partition coefficient (Wildman–Crippen LogP) is 6.43. The van der Waals surface area contributed by atoms with Gasteiger partial charge in [0.25, 0.3) is 0 Å². The quantitative estimate of drug-likeness (QED) is 0.379. The van der Waals surface area contributed by atoms with E-state index in [2.05, 4.69) is 26.0 Å². The molecule has 3 rings (SSSR count). The lowest BCUT2D eigenvalue weighted by atomic mass is 9.69. The Morgan fingerprint density at radius 2 is 1.73 bits per heavy atom. The molecule has 1 aromatic carbocycles. The van der Waals surface area contributed by atoms with Crippen molar-refractivity contribution in [1.29, 1.82) is 0 Å². The van der Waals surface area contributed by atoms with Gasteiger partial charge in [-0.15, -0.1) is 0 Å². The molecule has 0 N–H and O–H groups in total. The van der Waals surface area contributed by atoms with Crippen molar-refractivity contribution in [3.05, 3.63) is 35.9 Å². The first-order chi connectivity index (χ1) is 12.7. The highest BCUT2D eigenvalue weighted by Crippen LogP contribution is 2.49. The second-order valence-electron chi connectivity index (χ2n) is 8.47. The molecule has 1 saturated carbocycles. The summed E-state index contributed by atoms with van der Waals surface area (Å²) in [5, 5.41) is 0. The molecule has 2 unspecified atom stereocenters. The van der Waals surface area contributed by atoms with E-state index in [0.29, 0.717) is 17.6 Å². The zero-order valence-electron chi connectivity index (χ0n) is 16.8. The number of unbranched alkanes of at least 4 members (excludes halogenated alkanes) is 1. The fourth-order valence-corrected chi connectivity index (χ4v) is 9.29. The summed E-state index contributed by atoms with van der Waals surface area (Å²) in [5.41, 5.74) is 0.973. The van der Waals surface area contributed by atoms with Crippen LogP contribution in [-0.4, -0.2) is 22.0 Å². The van der Waals surface area contributed by atoms with Crippen LogP contribution in [-0.2, 0) is 10.9 Å². The van der Waals surface area contributed by atoms with E-state index < -0.39 is 0 Å². The maximum atomic E-state index is 14.2. The second kappa shape index (κ2) is 9.44. The number of carbonyl (C=O) groups is 1. The van der Waals surface area contributed by atoms with Crippen molar-refractivity contribution in [3.8, 4) is 0 Å². The van der Waals surface area contributed by atoms with Crippen molar-refractivity contribution in [1.82, 2.24) is 0 Å². The fourth-order valence-electron chi connectivity index (χ4n) is 5.53. The molecule has 1 heterocycles. The Hall–Kier alpha value is -0.760. The van der Waals surface area contributed by atoms with Gasteiger partial charge in [-0.2, -0.15) is 0 Å². The molecule has 144 valence electrons. The van der Waals surface area contributed by atoms with E-state index in [0.717, 1.165) is 5.56 Å². The Kier molecular flexibility index (Phi) is 7.26. The molecule has 2 heteroatoms. The van der Waals surface area contributed by atoms with Gasteiger partial charge in [0.15, 0.2) is 4.75 Å². The van der Waals surface area contributed by atoms with Gasteiger partial charge in [-0.1, -0.05) is 76.3 Å². The molecule has 2 fully saturated rings. The highest BCUT2D eigenvalue weighted by atomic mass is 32.2. The molecular weight excluding hydrogens is 336 g/mol. The maximum absolute atomic E-state index is 14.2. The van der Waals surface area contributed by atoms with Crippen molar-refractivity contribution in [2.45, 2.75) is 82.8 Å². The molecule has 1 aliphatic heterocycles. The minimum atomic E-state index is -0.0898. The summed E-state index contributed by atoms with van der Waals surface area (Å²) in [6.45, 7) is 4.71. The van der Waals surface area contributed by atoms with Crippen LogP contribution in [0.2, 0.25) is 0 Å². The van der Waals surface area contributed by atoms with Crippen molar-refractivity contribution < 1.29 is 4.79 Å². The standard InChI is InChI=1S/C24H37OS/c1-3-4-13-20(2)24(26-18-11-12-19-26,22-16-9-6-10-17-22)23(25)21-14-7-5-8-15-21/h5,7-8,14-15,20,22H,3-4,6,9-13,16-19H2,1-2H3/q+1. The van der Waals surface area contributed by atoms with E-state index in [1.54, 1.807) is 0 Å². The third-order valence-corrected chi connectivity index (χ3v) is 10.3. The van der Waals surface area contributed by atoms with E-state index >= 15 is 0 Å². The van der Waals surface area contributed by atoms with Crippen LogP contribution in [0.4, 0.5) is 0 Å². The highest BCUT2D eigenvalue weighted by Gasteiger charge is 2.62. The van der Waals surface area contributed by atoms with Gasteiger partial charge < -0.3 is 0 Å². The van der Waals surface area contributed by atoms with E-state index in [1.807, 2.05) is 18.2 Å². The van der Waals surface area contributed by atoms with Crippen molar-refractivity contribution in [2.24, 2.45) is 11.8 Å². The summed E-state index contributed by atoms with van der Waals surface area (Å²) >= 11 is 0. The molecule has 26 heavy (non-hydrogen) atoms. The monoisotopic (exact) mass is 373 g/mol. The topological polar surface area (TPSA) is 17.1 Å². The number of benzene rings is 1. The molecule has 2 aliphatic rings. The molecule has 0 amide bonds. The van der Waals surface area contributed by atoms with Crippen molar-refractivity contribution in [2.75, 3.05) is 11.5 Å². The number of Topliss-reactive ketones (excluding diaryl/α,β-unsaturated/α-hetero) is 1. The van der Waals surface area contributed by atoms with Gasteiger partial charge in [-0.3, -0.25) is 4.79 Å². The molecule has 0 spiro atoms. The molecule has 0 bridgehead atoms. The van der Waals surface area contributed by atoms with Gasteiger partial charge in [0.1, 0.15) is 11.5 Å². The summed E-state index contributed by atoms with van der Waals surface area (Å²) in [6.07, 6.45) is 12.9. The van der Waals surface area contributed by atoms with Crippen LogP contribution in [0.1, 0.15) is 88.4 Å². The van der Waals surface area contributed by atoms with Crippen molar-refractivity contribution >= 4 is 16.7 Å². The Labute approximate surface area is 163 Å². The Balaban J connectivity index is 2.04. The summed E-state index contributed by atoms with van der Waals surface area (Å²) in [4.78, 5) is 14.2. The van der Waals surface area contributed by atoms with E-state index in [4.69, 9.17) is 0 Å². The third kappa shape index (κ3) is 3.91. The smallest absolute Gasteiger partial charge is 0.218 e. The molecule has 0 aromatic heterocycles. The number of rotatable bonds is 8. The highest BCUT2D eigenvalue weighted by molar-refractivity contribution is 7.99. The zero-order valence-corrected chi connectivity index (χ0v) is 17.7. The molecular formula is C24H37OS+. The summed E-state index contributed by atoms with van der Waals surface area (Å²) < 4.78 is -0.0898. The van der Waals surface area contributed by atoms with Gasteiger partial charge >= 0.3 is 0 Å². The average molecular weight is 374 g/mol. The van der Waals surface area contributed by atoms with E-state index in [9.17, 15) is 4.79 Å². The summed E-state index contributed by atoms with van der Waals surface area (Å²) in [7, 11) is 0.265. The average Bonchev–Trinajstić information content (AvgIpc) is 3.23. The van der Waals surface area contributed by atoms with Gasteiger partial charge in [0.2, 0.25) is 5.78 Å².